The molecule has 0 fully saturated rings. The van der Waals surface area contributed by atoms with Gasteiger partial charge in [-0.15, -0.1) is 0 Å². The van der Waals surface area contributed by atoms with Crippen molar-refractivity contribution in [3.8, 4) is 0 Å². The van der Waals surface area contributed by atoms with Crippen LogP contribution in [0.2, 0.25) is 0 Å². The molecule has 0 heterocycles. The highest BCUT2D eigenvalue weighted by molar-refractivity contribution is 6.26. The molecule has 6 heavy (non-hydrogen) atoms. The smallest absolute Gasteiger partial charge is 0.306 e. The minimum absolute atomic E-state index is 0.247. The van der Waals surface area contributed by atoms with Crippen molar-refractivity contribution in [1.82, 2.24) is 0 Å². The van der Waals surface area contributed by atoms with Crippen molar-refractivity contribution >= 4 is 7.48 Å². The van der Waals surface area contributed by atoms with E-state index in [9.17, 15) is 4.39 Å². The number of alkyl halides is 1. The standard InChI is InChI=1S/C3H8BFO/c1-2-6-4-3-5/h4H,2-3H2,1H3. The lowest BCUT2D eigenvalue weighted by molar-refractivity contribution is 0.348. The van der Waals surface area contributed by atoms with E-state index in [1.54, 1.807) is 0 Å². The molecule has 0 unspecified atom stereocenters. The van der Waals surface area contributed by atoms with Gasteiger partial charge in [-0.05, 0) is 6.92 Å². The van der Waals surface area contributed by atoms with Crippen LogP contribution >= 0.6 is 0 Å². The third-order valence-electron chi connectivity index (χ3n) is 0.426. The highest BCUT2D eigenvalue weighted by atomic mass is 19.1. The van der Waals surface area contributed by atoms with Crippen molar-refractivity contribution < 1.29 is 9.04 Å². The molecule has 0 aliphatic heterocycles. The van der Waals surface area contributed by atoms with Crippen LogP contribution in [0.5, 0.6) is 0 Å². The topological polar surface area (TPSA) is 9.23 Å². The molecule has 0 bridgehead atoms. The summed E-state index contributed by atoms with van der Waals surface area (Å²) in [6.07, 6.45) is 0. The first kappa shape index (κ1) is 5.95. The summed E-state index contributed by atoms with van der Waals surface area (Å²) in [4.78, 5) is 0. The van der Waals surface area contributed by atoms with Gasteiger partial charge in [-0.1, -0.05) is 0 Å². The maximum Gasteiger partial charge on any atom is 0.306 e. The van der Waals surface area contributed by atoms with Gasteiger partial charge in [-0.3, -0.25) is 4.39 Å². The fraction of sp³-hybridized carbons (Fsp3) is 1.00. The SMILES string of the molecule is CCOBCF. The Kier molecular flexibility index (Phi) is 4.92. The summed E-state index contributed by atoms with van der Waals surface area (Å²) in [7, 11) is 0.247. The van der Waals surface area contributed by atoms with Crippen molar-refractivity contribution in [2.24, 2.45) is 0 Å². The third kappa shape index (κ3) is 3.95. The molecule has 36 valence electrons. The van der Waals surface area contributed by atoms with Gasteiger partial charge in [0, 0.05) is 6.61 Å². The Labute approximate surface area is 37.8 Å². The summed E-state index contributed by atoms with van der Waals surface area (Å²) in [6, 6.07) is 0. The second-order valence-corrected chi connectivity index (χ2v) is 0.886. The Bertz CT molecular complexity index is 22.8. The van der Waals surface area contributed by atoms with Crippen molar-refractivity contribution in [2.75, 3.05) is 13.2 Å². The van der Waals surface area contributed by atoms with E-state index in [1.165, 1.54) is 0 Å². The van der Waals surface area contributed by atoms with Crippen LogP contribution in [0.15, 0.2) is 0 Å². The van der Waals surface area contributed by atoms with Gasteiger partial charge in [-0.25, -0.2) is 0 Å². The van der Waals surface area contributed by atoms with E-state index in [0.717, 1.165) is 0 Å². The van der Waals surface area contributed by atoms with Crippen LogP contribution in [-0.4, -0.2) is 20.7 Å². The van der Waals surface area contributed by atoms with Crippen LogP contribution in [0, 0.1) is 0 Å². The van der Waals surface area contributed by atoms with Crippen LogP contribution in [0.25, 0.3) is 0 Å². The highest BCUT2D eigenvalue weighted by Gasteiger charge is 1.81. The van der Waals surface area contributed by atoms with Gasteiger partial charge in [0.2, 0.25) is 0 Å². The van der Waals surface area contributed by atoms with Gasteiger partial charge in [0.05, 0.1) is 6.57 Å². The number of hydrogen-bond donors (Lipinski definition) is 0. The molecule has 0 aromatic carbocycles. The zero-order valence-electron chi connectivity index (χ0n) is 3.91. The van der Waals surface area contributed by atoms with Crippen LogP contribution in [0.1, 0.15) is 6.92 Å². The summed E-state index contributed by atoms with van der Waals surface area (Å²) in [5, 5.41) is 0. The summed E-state index contributed by atoms with van der Waals surface area (Å²) in [5.41, 5.74) is 0. The first-order valence-corrected chi connectivity index (χ1v) is 2.05. The molecule has 0 aromatic rings. The van der Waals surface area contributed by atoms with Crippen LogP contribution < -0.4 is 0 Å². The van der Waals surface area contributed by atoms with E-state index in [0.29, 0.717) is 6.61 Å². The van der Waals surface area contributed by atoms with Crippen molar-refractivity contribution in [3.05, 3.63) is 0 Å². The minimum Gasteiger partial charge on any atom is -0.437 e. The Morgan fingerprint density at radius 2 is 2.50 bits per heavy atom. The number of rotatable bonds is 3. The van der Waals surface area contributed by atoms with Gasteiger partial charge in [-0.2, -0.15) is 0 Å². The van der Waals surface area contributed by atoms with E-state index >= 15 is 0 Å². The molecular formula is C3H8BFO. The van der Waals surface area contributed by atoms with Crippen LogP contribution in [0.3, 0.4) is 0 Å². The van der Waals surface area contributed by atoms with Crippen LogP contribution in [-0.2, 0) is 4.65 Å². The zero-order chi connectivity index (χ0) is 4.83. The zero-order valence-corrected chi connectivity index (χ0v) is 3.91. The molecule has 0 N–H and O–H groups in total. The first-order valence-electron chi connectivity index (χ1n) is 2.05. The second-order valence-electron chi connectivity index (χ2n) is 0.886. The third-order valence-corrected chi connectivity index (χ3v) is 0.426. The molecule has 1 nitrogen and oxygen atoms in total. The normalized spacial score (nSPS) is 8.33. The number of hydrogen-bond acceptors (Lipinski definition) is 1. The molecule has 0 atom stereocenters. The lowest BCUT2D eigenvalue weighted by atomic mass is 10.1. The molecule has 0 aliphatic carbocycles. The molecule has 0 rings (SSSR count). The predicted molar refractivity (Wildman–Crippen MR) is 24.7 cm³/mol. The monoisotopic (exact) mass is 90.1 g/mol. The Morgan fingerprint density at radius 1 is 1.83 bits per heavy atom. The van der Waals surface area contributed by atoms with E-state index in [1.807, 2.05) is 6.92 Å². The van der Waals surface area contributed by atoms with Crippen molar-refractivity contribution in [1.29, 1.82) is 0 Å². The molecule has 0 spiro atoms. The summed E-state index contributed by atoms with van der Waals surface area (Å²) >= 11 is 0. The van der Waals surface area contributed by atoms with Crippen molar-refractivity contribution in [2.45, 2.75) is 6.92 Å². The van der Waals surface area contributed by atoms with Gasteiger partial charge >= 0.3 is 7.48 Å². The lowest BCUT2D eigenvalue weighted by Crippen LogP contribution is -1.98. The Balaban J connectivity index is 2.34. The first-order chi connectivity index (χ1) is 2.91. The Hall–Kier alpha value is -0.0451. The molecule has 0 saturated heterocycles. The summed E-state index contributed by atoms with van der Waals surface area (Å²) < 4.78 is 15.7. The lowest BCUT2D eigenvalue weighted by Gasteiger charge is -1.87. The molecule has 3 heteroatoms. The number of halogens is 1. The summed E-state index contributed by atoms with van der Waals surface area (Å²) in [5.74, 6) is 0. The van der Waals surface area contributed by atoms with E-state index in [4.69, 9.17) is 0 Å². The molecule has 0 aliphatic rings. The van der Waals surface area contributed by atoms with Gasteiger partial charge in [0.25, 0.3) is 0 Å². The maximum atomic E-state index is 11.1. The van der Waals surface area contributed by atoms with E-state index < -0.39 is 0 Å². The quantitative estimate of drug-likeness (QED) is 0.357. The van der Waals surface area contributed by atoms with Crippen LogP contribution in [0.4, 0.5) is 4.39 Å². The average Bonchev–Trinajstić information content (AvgIpc) is 1.61. The summed E-state index contributed by atoms with van der Waals surface area (Å²) in [6.45, 7) is 2.09. The highest BCUT2D eigenvalue weighted by Crippen LogP contribution is 1.67. The fourth-order valence-corrected chi connectivity index (χ4v) is 0.199. The Morgan fingerprint density at radius 3 is 2.67 bits per heavy atom. The average molecular weight is 89.9 g/mol. The van der Waals surface area contributed by atoms with E-state index in [2.05, 4.69) is 4.65 Å². The molecule has 0 aromatic heterocycles. The molecule has 0 amide bonds. The van der Waals surface area contributed by atoms with E-state index in [-0.39, 0.29) is 14.1 Å². The molecule has 0 saturated carbocycles. The second kappa shape index (κ2) is 4.95. The van der Waals surface area contributed by atoms with Crippen molar-refractivity contribution in [3.63, 3.8) is 0 Å². The predicted octanol–water partition coefficient (Wildman–Crippen LogP) is 0.301. The van der Waals surface area contributed by atoms with Gasteiger partial charge in [0.1, 0.15) is 0 Å². The molecule has 0 radical (unpaired) electrons. The van der Waals surface area contributed by atoms with Gasteiger partial charge in [0.15, 0.2) is 0 Å². The minimum atomic E-state index is -0.367. The molecular weight excluding hydrogens is 81.8 g/mol. The fourth-order valence-electron chi connectivity index (χ4n) is 0.199. The van der Waals surface area contributed by atoms with Gasteiger partial charge < -0.3 is 4.65 Å². The largest absolute Gasteiger partial charge is 0.437 e. The maximum absolute atomic E-state index is 11.1.